The molecule has 0 saturated heterocycles. The van der Waals surface area contributed by atoms with Crippen molar-refractivity contribution in [3.05, 3.63) is 40.6 Å². The van der Waals surface area contributed by atoms with Gasteiger partial charge in [0.2, 0.25) is 5.91 Å². The smallest absolute Gasteiger partial charge is 0.313 e. The molecule has 31 heavy (non-hydrogen) atoms. The Kier molecular flexibility index (Phi) is 6.41. The minimum absolute atomic E-state index is 0.0244. The third-order valence-corrected chi connectivity index (χ3v) is 6.76. The van der Waals surface area contributed by atoms with Gasteiger partial charge in [-0.1, -0.05) is 18.9 Å². The number of amides is 3. The van der Waals surface area contributed by atoms with E-state index in [4.69, 9.17) is 9.47 Å². The molecule has 0 atom stereocenters. The van der Waals surface area contributed by atoms with Crippen LogP contribution in [-0.2, 0) is 19.8 Å². The van der Waals surface area contributed by atoms with Crippen molar-refractivity contribution in [2.75, 3.05) is 31.6 Å². The Labute approximate surface area is 184 Å². The highest BCUT2D eigenvalue weighted by Gasteiger charge is 2.36. The SMILES string of the molecule is O=C(CNC(=O)C(=O)Nc1ccc2c(c1)OCCO2)NCC1(c2cccs2)CCCC1. The largest absolute Gasteiger partial charge is 0.486 e. The predicted molar refractivity (Wildman–Crippen MR) is 117 cm³/mol. The summed E-state index contributed by atoms with van der Waals surface area (Å²) in [5, 5.41) is 9.85. The zero-order valence-electron chi connectivity index (χ0n) is 17.1. The van der Waals surface area contributed by atoms with Crippen molar-refractivity contribution in [3.63, 3.8) is 0 Å². The van der Waals surface area contributed by atoms with E-state index in [1.807, 2.05) is 6.07 Å². The number of thiophene rings is 1. The van der Waals surface area contributed by atoms with Crippen LogP contribution in [-0.4, -0.2) is 44.0 Å². The molecule has 1 aromatic carbocycles. The zero-order chi connectivity index (χ0) is 21.7. The van der Waals surface area contributed by atoms with Gasteiger partial charge in [0, 0.05) is 28.6 Å². The molecule has 4 rings (SSSR count). The summed E-state index contributed by atoms with van der Waals surface area (Å²) in [5.41, 5.74) is 0.386. The molecule has 8 nitrogen and oxygen atoms in total. The lowest BCUT2D eigenvalue weighted by Gasteiger charge is -2.28. The number of fused-ring (bicyclic) bond motifs is 1. The first kappa shape index (κ1) is 21.2. The quantitative estimate of drug-likeness (QED) is 0.594. The number of nitrogens with one attached hydrogen (secondary N) is 3. The van der Waals surface area contributed by atoms with Gasteiger partial charge in [-0.25, -0.2) is 0 Å². The van der Waals surface area contributed by atoms with E-state index in [2.05, 4.69) is 27.4 Å². The summed E-state index contributed by atoms with van der Waals surface area (Å²) < 4.78 is 10.9. The first-order valence-corrected chi connectivity index (χ1v) is 11.2. The topological polar surface area (TPSA) is 106 Å². The Balaban J connectivity index is 1.24. The molecule has 1 aliphatic carbocycles. The molecule has 1 saturated carbocycles. The maximum Gasteiger partial charge on any atom is 0.313 e. The number of hydrogen-bond donors (Lipinski definition) is 3. The van der Waals surface area contributed by atoms with Crippen molar-refractivity contribution in [1.82, 2.24) is 10.6 Å². The van der Waals surface area contributed by atoms with Gasteiger partial charge in [0.05, 0.1) is 6.54 Å². The van der Waals surface area contributed by atoms with E-state index in [-0.39, 0.29) is 17.9 Å². The average Bonchev–Trinajstić information content (AvgIpc) is 3.49. The van der Waals surface area contributed by atoms with E-state index in [1.165, 1.54) is 4.88 Å². The summed E-state index contributed by atoms with van der Waals surface area (Å²) in [6.07, 6.45) is 4.37. The lowest BCUT2D eigenvalue weighted by molar-refractivity contribution is -0.136. The van der Waals surface area contributed by atoms with Crippen LogP contribution in [0.3, 0.4) is 0 Å². The fraction of sp³-hybridized carbons (Fsp3) is 0.409. The molecule has 3 amide bonds. The molecule has 2 aliphatic rings. The summed E-state index contributed by atoms with van der Waals surface area (Å²) in [4.78, 5) is 37.8. The number of benzene rings is 1. The van der Waals surface area contributed by atoms with Crippen molar-refractivity contribution < 1.29 is 23.9 Å². The number of anilines is 1. The second kappa shape index (κ2) is 9.38. The van der Waals surface area contributed by atoms with Crippen molar-refractivity contribution in [3.8, 4) is 11.5 Å². The standard InChI is InChI=1S/C22H25N3O5S/c26-19(24-14-22(7-1-2-8-22)18-4-3-11-31-18)13-23-20(27)21(28)25-15-5-6-16-17(12-15)30-10-9-29-16/h3-6,11-12H,1-2,7-10,13-14H2,(H,23,27)(H,24,26)(H,25,28). The van der Waals surface area contributed by atoms with Crippen LogP contribution in [0.2, 0.25) is 0 Å². The number of hydrogen-bond acceptors (Lipinski definition) is 6. The first-order valence-electron chi connectivity index (χ1n) is 10.4. The van der Waals surface area contributed by atoms with E-state index in [0.29, 0.717) is 36.9 Å². The predicted octanol–water partition coefficient (Wildman–Crippen LogP) is 2.20. The van der Waals surface area contributed by atoms with Crippen LogP contribution in [0.5, 0.6) is 11.5 Å². The van der Waals surface area contributed by atoms with Gasteiger partial charge >= 0.3 is 11.8 Å². The van der Waals surface area contributed by atoms with E-state index < -0.39 is 11.8 Å². The second-order valence-corrected chi connectivity index (χ2v) is 8.68. The molecule has 2 heterocycles. The lowest BCUT2D eigenvalue weighted by Crippen LogP contribution is -2.45. The van der Waals surface area contributed by atoms with Crippen molar-refractivity contribution in [1.29, 1.82) is 0 Å². The van der Waals surface area contributed by atoms with Crippen LogP contribution in [0, 0.1) is 0 Å². The molecule has 2 aromatic rings. The molecule has 0 radical (unpaired) electrons. The van der Waals surface area contributed by atoms with Crippen molar-refractivity contribution in [2.45, 2.75) is 31.1 Å². The van der Waals surface area contributed by atoms with E-state index >= 15 is 0 Å². The highest BCUT2D eigenvalue weighted by Crippen LogP contribution is 2.42. The van der Waals surface area contributed by atoms with Crippen LogP contribution in [0.4, 0.5) is 5.69 Å². The van der Waals surface area contributed by atoms with Gasteiger partial charge in [-0.05, 0) is 36.4 Å². The van der Waals surface area contributed by atoms with Crippen molar-refractivity contribution in [2.24, 2.45) is 0 Å². The third-order valence-electron chi connectivity index (χ3n) is 5.64. The van der Waals surface area contributed by atoms with Gasteiger partial charge in [0.1, 0.15) is 13.2 Å². The van der Waals surface area contributed by atoms with Gasteiger partial charge in [-0.3, -0.25) is 14.4 Å². The van der Waals surface area contributed by atoms with Crippen LogP contribution in [0.25, 0.3) is 0 Å². The Morgan fingerprint density at radius 3 is 2.48 bits per heavy atom. The Bertz CT molecular complexity index is 954. The van der Waals surface area contributed by atoms with Crippen molar-refractivity contribution >= 4 is 34.7 Å². The summed E-state index contributed by atoms with van der Waals surface area (Å²) in [5.74, 6) is -0.944. The molecule has 164 valence electrons. The Morgan fingerprint density at radius 2 is 1.74 bits per heavy atom. The number of carbonyl (C=O) groups is 3. The Morgan fingerprint density at radius 1 is 0.968 bits per heavy atom. The highest BCUT2D eigenvalue weighted by atomic mass is 32.1. The van der Waals surface area contributed by atoms with Crippen LogP contribution in [0.1, 0.15) is 30.6 Å². The van der Waals surface area contributed by atoms with Crippen LogP contribution in [0.15, 0.2) is 35.7 Å². The normalized spacial score (nSPS) is 16.4. The summed E-state index contributed by atoms with van der Waals surface area (Å²) in [7, 11) is 0. The number of rotatable bonds is 6. The number of ether oxygens (including phenoxy) is 2. The summed E-state index contributed by atoms with van der Waals surface area (Å²) >= 11 is 1.71. The summed E-state index contributed by atoms with van der Waals surface area (Å²) in [6.45, 7) is 1.17. The molecule has 3 N–H and O–H groups in total. The molecule has 0 spiro atoms. The van der Waals surface area contributed by atoms with Gasteiger partial charge in [-0.2, -0.15) is 0 Å². The maximum absolute atomic E-state index is 12.3. The van der Waals surface area contributed by atoms with E-state index in [9.17, 15) is 14.4 Å². The minimum Gasteiger partial charge on any atom is -0.486 e. The van der Waals surface area contributed by atoms with Gasteiger partial charge in [0.15, 0.2) is 11.5 Å². The van der Waals surface area contributed by atoms with Gasteiger partial charge in [0.25, 0.3) is 0 Å². The molecule has 1 aromatic heterocycles. The second-order valence-electron chi connectivity index (χ2n) is 7.74. The monoisotopic (exact) mass is 443 g/mol. The molecule has 0 bridgehead atoms. The molecule has 9 heteroatoms. The molecule has 1 aliphatic heterocycles. The fourth-order valence-corrected chi connectivity index (χ4v) is 5.01. The molecular formula is C22H25N3O5S. The van der Waals surface area contributed by atoms with Crippen LogP contribution >= 0.6 is 11.3 Å². The summed E-state index contributed by atoms with van der Waals surface area (Å²) in [6, 6.07) is 9.03. The van der Waals surface area contributed by atoms with E-state index in [1.54, 1.807) is 29.5 Å². The van der Waals surface area contributed by atoms with E-state index in [0.717, 1.165) is 25.7 Å². The fourth-order valence-electron chi connectivity index (χ4n) is 4.02. The lowest BCUT2D eigenvalue weighted by atomic mass is 9.84. The third kappa shape index (κ3) is 4.99. The molecule has 1 fully saturated rings. The van der Waals surface area contributed by atoms with Gasteiger partial charge in [-0.15, -0.1) is 11.3 Å². The first-order chi connectivity index (χ1) is 15.1. The molecule has 0 unspecified atom stereocenters. The number of carbonyl (C=O) groups excluding carboxylic acids is 3. The van der Waals surface area contributed by atoms with Crippen LogP contribution < -0.4 is 25.4 Å². The Hall–Kier alpha value is -3.07. The maximum atomic E-state index is 12.3. The highest BCUT2D eigenvalue weighted by molar-refractivity contribution is 7.10. The zero-order valence-corrected chi connectivity index (χ0v) is 17.9. The minimum atomic E-state index is -0.876. The van der Waals surface area contributed by atoms with Gasteiger partial charge < -0.3 is 25.4 Å². The molecular weight excluding hydrogens is 418 g/mol. The average molecular weight is 444 g/mol.